The SMILES string of the molecule is Cn1ccnc1Sc1ccc(NC(=O)/C=C/c2ccc([N+](=O)[O-])cc2)cc1. The van der Waals surface area contributed by atoms with Crippen molar-refractivity contribution in [3.05, 3.63) is 82.7 Å². The summed E-state index contributed by atoms with van der Waals surface area (Å²) in [6, 6.07) is 13.4. The number of non-ortho nitro benzene ring substituents is 1. The summed E-state index contributed by atoms with van der Waals surface area (Å²) in [5.41, 5.74) is 1.40. The van der Waals surface area contributed by atoms with Crippen LogP contribution in [-0.2, 0) is 11.8 Å². The monoisotopic (exact) mass is 380 g/mol. The molecule has 2 aromatic carbocycles. The number of aryl methyl sites for hydroxylation is 1. The fourth-order valence-corrected chi connectivity index (χ4v) is 3.03. The maximum Gasteiger partial charge on any atom is 0.269 e. The molecule has 3 aromatic rings. The Morgan fingerprint density at radius 2 is 1.89 bits per heavy atom. The molecule has 0 radical (unpaired) electrons. The molecule has 0 aliphatic rings. The van der Waals surface area contributed by atoms with E-state index in [1.807, 2.05) is 42.1 Å². The molecule has 8 heteroatoms. The molecule has 0 unspecified atom stereocenters. The van der Waals surface area contributed by atoms with Crippen LogP contribution in [0.25, 0.3) is 6.08 Å². The van der Waals surface area contributed by atoms with Crippen LogP contribution in [0.15, 0.2) is 77.1 Å². The van der Waals surface area contributed by atoms with Gasteiger partial charge in [-0.05, 0) is 48.0 Å². The van der Waals surface area contributed by atoms with Gasteiger partial charge < -0.3 is 9.88 Å². The van der Waals surface area contributed by atoms with Gasteiger partial charge in [0.2, 0.25) is 5.91 Å². The van der Waals surface area contributed by atoms with Crippen LogP contribution in [0.1, 0.15) is 5.56 Å². The number of benzene rings is 2. The zero-order valence-corrected chi connectivity index (χ0v) is 15.2. The summed E-state index contributed by atoms with van der Waals surface area (Å²) >= 11 is 1.54. The van der Waals surface area contributed by atoms with Crippen LogP contribution in [0.4, 0.5) is 11.4 Å². The molecule has 0 fully saturated rings. The van der Waals surface area contributed by atoms with Crippen molar-refractivity contribution in [1.82, 2.24) is 9.55 Å². The quantitative estimate of drug-likeness (QED) is 0.394. The third-order valence-corrected chi connectivity index (χ3v) is 4.72. The van der Waals surface area contributed by atoms with Gasteiger partial charge in [0.25, 0.3) is 5.69 Å². The number of hydrogen-bond acceptors (Lipinski definition) is 5. The molecule has 1 heterocycles. The molecule has 1 aromatic heterocycles. The Morgan fingerprint density at radius 1 is 1.19 bits per heavy atom. The number of hydrogen-bond donors (Lipinski definition) is 1. The fraction of sp³-hybridized carbons (Fsp3) is 0.0526. The van der Waals surface area contributed by atoms with Crippen LogP contribution in [0.5, 0.6) is 0 Å². The van der Waals surface area contributed by atoms with Crippen molar-refractivity contribution in [2.75, 3.05) is 5.32 Å². The van der Waals surface area contributed by atoms with Crippen molar-refractivity contribution < 1.29 is 9.72 Å². The van der Waals surface area contributed by atoms with Crippen molar-refractivity contribution in [2.45, 2.75) is 10.1 Å². The van der Waals surface area contributed by atoms with Crippen molar-refractivity contribution in [1.29, 1.82) is 0 Å². The highest BCUT2D eigenvalue weighted by molar-refractivity contribution is 7.99. The summed E-state index contributed by atoms with van der Waals surface area (Å²) < 4.78 is 1.93. The lowest BCUT2D eigenvalue weighted by atomic mass is 10.2. The van der Waals surface area contributed by atoms with Crippen molar-refractivity contribution in [2.24, 2.45) is 7.05 Å². The summed E-state index contributed by atoms with van der Waals surface area (Å²) in [7, 11) is 1.93. The van der Waals surface area contributed by atoms with E-state index in [4.69, 9.17) is 0 Å². The van der Waals surface area contributed by atoms with E-state index in [2.05, 4.69) is 10.3 Å². The number of aromatic nitrogens is 2. The van der Waals surface area contributed by atoms with E-state index < -0.39 is 4.92 Å². The van der Waals surface area contributed by atoms with Gasteiger partial charge in [-0.15, -0.1) is 0 Å². The first-order chi connectivity index (χ1) is 13.0. The number of nitrogens with zero attached hydrogens (tertiary/aromatic N) is 3. The fourth-order valence-electron chi connectivity index (χ4n) is 2.22. The average Bonchev–Trinajstić information content (AvgIpc) is 3.06. The van der Waals surface area contributed by atoms with E-state index in [1.165, 1.54) is 30.0 Å². The third kappa shape index (κ3) is 5.05. The minimum Gasteiger partial charge on any atom is -0.329 e. The van der Waals surface area contributed by atoms with Gasteiger partial charge in [-0.2, -0.15) is 0 Å². The standard InChI is InChI=1S/C19H16N4O3S/c1-22-13-12-20-19(22)27-17-9-5-15(6-10-17)21-18(24)11-4-14-2-7-16(8-3-14)23(25)26/h2-13H,1H3,(H,21,24)/b11-4+. The highest BCUT2D eigenvalue weighted by atomic mass is 32.2. The summed E-state index contributed by atoms with van der Waals surface area (Å²) in [5, 5.41) is 14.3. The second-order valence-corrected chi connectivity index (χ2v) is 6.66. The van der Waals surface area contributed by atoms with E-state index in [0.717, 1.165) is 10.1 Å². The summed E-state index contributed by atoms with van der Waals surface area (Å²) in [6.45, 7) is 0. The molecule has 0 bridgehead atoms. The molecule has 1 N–H and O–H groups in total. The van der Waals surface area contributed by atoms with Crippen molar-refractivity contribution in [3.8, 4) is 0 Å². The lowest BCUT2D eigenvalue weighted by Crippen LogP contribution is -2.07. The molecule has 27 heavy (non-hydrogen) atoms. The van der Waals surface area contributed by atoms with Crippen LogP contribution in [0.2, 0.25) is 0 Å². The van der Waals surface area contributed by atoms with Crippen molar-refractivity contribution >= 4 is 35.1 Å². The molecule has 0 atom stereocenters. The van der Waals surface area contributed by atoms with E-state index >= 15 is 0 Å². The van der Waals surface area contributed by atoms with Gasteiger partial charge in [-0.1, -0.05) is 11.8 Å². The molecular weight excluding hydrogens is 364 g/mol. The highest BCUT2D eigenvalue weighted by Crippen LogP contribution is 2.26. The Bertz CT molecular complexity index is 979. The third-order valence-electron chi connectivity index (χ3n) is 3.64. The Morgan fingerprint density at radius 3 is 2.48 bits per heavy atom. The first-order valence-electron chi connectivity index (χ1n) is 8.00. The van der Waals surface area contributed by atoms with Gasteiger partial charge in [0.15, 0.2) is 5.16 Å². The van der Waals surface area contributed by atoms with E-state index in [0.29, 0.717) is 11.3 Å². The Labute approximate surface area is 159 Å². The van der Waals surface area contributed by atoms with E-state index in [1.54, 1.807) is 24.4 Å². The van der Waals surface area contributed by atoms with E-state index in [-0.39, 0.29) is 11.6 Å². The number of nitrogens with one attached hydrogen (secondary N) is 1. The van der Waals surface area contributed by atoms with Gasteiger partial charge in [-0.25, -0.2) is 4.98 Å². The molecule has 0 saturated heterocycles. The van der Waals surface area contributed by atoms with Gasteiger partial charge in [0, 0.05) is 48.2 Å². The Kier molecular flexibility index (Phi) is 5.68. The van der Waals surface area contributed by atoms with Crippen LogP contribution >= 0.6 is 11.8 Å². The minimum absolute atomic E-state index is 0.0140. The number of nitro groups is 1. The second-order valence-electron chi connectivity index (χ2n) is 5.62. The van der Waals surface area contributed by atoms with E-state index in [9.17, 15) is 14.9 Å². The lowest BCUT2D eigenvalue weighted by molar-refractivity contribution is -0.384. The molecule has 7 nitrogen and oxygen atoms in total. The van der Waals surface area contributed by atoms with Crippen LogP contribution in [0.3, 0.4) is 0 Å². The Balaban J connectivity index is 1.57. The zero-order chi connectivity index (χ0) is 19.2. The number of carbonyl (C=O) groups excluding carboxylic acids is 1. The number of amides is 1. The van der Waals surface area contributed by atoms with Gasteiger partial charge >= 0.3 is 0 Å². The molecular formula is C19H16N4O3S. The minimum atomic E-state index is -0.462. The predicted molar refractivity (Wildman–Crippen MR) is 105 cm³/mol. The highest BCUT2D eigenvalue weighted by Gasteiger charge is 2.04. The molecule has 3 rings (SSSR count). The van der Waals surface area contributed by atoms with Gasteiger partial charge in [0.1, 0.15) is 0 Å². The molecule has 0 aliphatic heterocycles. The number of anilines is 1. The molecule has 1 amide bonds. The summed E-state index contributed by atoms with van der Waals surface area (Å²) in [6.07, 6.45) is 6.62. The van der Waals surface area contributed by atoms with Crippen molar-refractivity contribution in [3.63, 3.8) is 0 Å². The van der Waals surface area contributed by atoms with Crippen LogP contribution < -0.4 is 5.32 Å². The number of rotatable bonds is 6. The normalized spacial score (nSPS) is 10.9. The number of imidazole rings is 1. The molecule has 0 spiro atoms. The second kappa shape index (κ2) is 8.33. The lowest BCUT2D eigenvalue weighted by Gasteiger charge is -2.05. The topological polar surface area (TPSA) is 90.1 Å². The first-order valence-corrected chi connectivity index (χ1v) is 8.82. The molecule has 0 saturated carbocycles. The molecule has 0 aliphatic carbocycles. The van der Waals surface area contributed by atoms with Gasteiger partial charge in [0.05, 0.1) is 4.92 Å². The smallest absolute Gasteiger partial charge is 0.269 e. The maximum atomic E-state index is 12.0. The summed E-state index contributed by atoms with van der Waals surface area (Å²) in [5.74, 6) is -0.280. The number of carbonyl (C=O) groups is 1. The first kappa shape index (κ1) is 18.4. The van der Waals surface area contributed by atoms with Crippen LogP contribution in [0, 0.1) is 10.1 Å². The largest absolute Gasteiger partial charge is 0.329 e. The van der Waals surface area contributed by atoms with Gasteiger partial charge in [-0.3, -0.25) is 14.9 Å². The molecule has 136 valence electrons. The number of nitro benzene ring substituents is 1. The average molecular weight is 380 g/mol. The predicted octanol–water partition coefficient (Wildman–Crippen LogP) is 4.13. The zero-order valence-electron chi connectivity index (χ0n) is 14.4. The maximum absolute atomic E-state index is 12.0. The Hall–Kier alpha value is -3.39. The summed E-state index contributed by atoms with van der Waals surface area (Å²) in [4.78, 5) is 27.5. The van der Waals surface area contributed by atoms with Crippen LogP contribution in [-0.4, -0.2) is 20.4 Å².